The number of aromatic nitrogens is 3. The highest BCUT2D eigenvalue weighted by Gasteiger charge is 2.10. The maximum Gasteiger partial charge on any atom is 0.248 e. The number of nitrogens with zero attached hydrogens (tertiary/aromatic N) is 3. The summed E-state index contributed by atoms with van der Waals surface area (Å²) >= 11 is 0. The average molecular weight is 279 g/mol. The van der Waals surface area contributed by atoms with Crippen molar-refractivity contribution >= 4 is 11.6 Å². The number of benzene rings is 1. The van der Waals surface area contributed by atoms with Gasteiger partial charge in [-0.15, -0.1) is 0 Å². The predicted octanol–water partition coefficient (Wildman–Crippen LogP) is 1.62. The van der Waals surface area contributed by atoms with Gasteiger partial charge < -0.3 is 11.5 Å². The fraction of sp³-hybridized carbons (Fsp3) is 0. The molecule has 0 spiro atoms. The van der Waals surface area contributed by atoms with Gasteiger partial charge in [-0.05, 0) is 36.4 Å². The van der Waals surface area contributed by atoms with Crippen molar-refractivity contribution in [2.75, 3.05) is 5.73 Å². The van der Waals surface area contributed by atoms with Crippen molar-refractivity contribution in [3.63, 3.8) is 0 Å². The topological polar surface area (TPSA) is 99.8 Å². The van der Waals surface area contributed by atoms with E-state index in [1.165, 1.54) is 0 Å². The SMILES string of the molecule is NC(=O)c1ccnc(-n2ccnc2-c2ccc(N)cc2)c1. The van der Waals surface area contributed by atoms with E-state index in [0.717, 1.165) is 5.56 Å². The molecule has 0 aliphatic carbocycles. The van der Waals surface area contributed by atoms with Crippen LogP contribution in [0.3, 0.4) is 0 Å². The van der Waals surface area contributed by atoms with Crippen LogP contribution in [0.5, 0.6) is 0 Å². The fourth-order valence-corrected chi connectivity index (χ4v) is 2.04. The van der Waals surface area contributed by atoms with Gasteiger partial charge in [0.25, 0.3) is 0 Å². The Morgan fingerprint density at radius 2 is 1.81 bits per heavy atom. The van der Waals surface area contributed by atoms with Gasteiger partial charge in [0.1, 0.15) is 11.6 Å². The normalized spacial score (nSPS) is 10.5. The van der Waals surface area contributed by atoms with Crippen LogP contribution < -0.4 is 11.5 Å². The number of nitrogens with two attached hydrogens (primary N) is 2. The number of pyridine rings is 1. The van der Waals surface area contributed by atoms with Crippen molar-refractivity contribution < 1.29 is 4.79 Å². The first-order valence-electron chi connectivity index (χ1n) is 6.30. The lowest BCUT2D eigenvalue weighted by Gasteiger charge is -2.08. The quantitative estimate of drug-likeness (QED) is 0.711. The van der Waals surface area contributed by atoms with Gasteiger partial charge in [0.2, 0.25) is 5.91 Å². The monoisotopic (exact) mass is 279 g/mol. The Hall–Kier alpha value is -3.15. The third-order valence-electron chi connectivity index (χ3n) is 3.09. The number of nitrogen functional groups attached to an aromatic ring is 1. The van der Waals surface area contributed by atoms with Gasteiger partial charge in [0.15, 0.2) is 0 Å². The first-order chi connectivity index (χ1) is 10.1. The number of primary amides is 1. The Bertz CT molecular complexity index is 792. The van der Waals surface area contributed by atoms with Gasteiger partial charge in [-0.1, -0.05) is 0 Å². The molecule has 4 N–H and O–H groups in total. The molecule has 0 radical (unpaired) electrons. The molecule has 2 heterocycles. The molecule has 21 heavy (non-hydrogen) atoms. The predicted molar refractivity (Wildman–Crippen MR) is 79.7 cm³/mol. The molecule has 0 saturated heterocycles. The van der Waals surface area contributed by atoms with Crippen molar-refractivity contribution in [3.8, 4) is 17.2 Å². The van der Waals surface area contributed by atoms with Crippen LogP contribution in [0.4, 0.5) is 5.69 Å². The Kier molecular flexibility index (Phi) is 3.12. The molecule has 1 amide bonds. The van der Waals surface area contributed by atoms with Gasteiger partial charge >= 0.3 is 0 Å². The smallest absolute Gasteiger partial charge is 0.248 e. The number of carbonyl (C=O) groups excluding carboxylic acids is 1. The lowest BCUT2D eigenvalue weighted by atomic mass is 10.2. The zero-order valence-electron chi connectivity index (χ0n) is 11.1. The molecule has 0 bridgehead atoms. The molecule has 104 valence electrons. The van der Waals surface area contributed by atoms with E-state index in [1.807, 2.05) is 24.3 Å². The first-order valence-corrected chi connectivity index (χ1v) is 6.30. The highest BCUT2D eigenvalue weighted by atomic mass is 16.1. The van der Waals surface area contributed by atoms with Crippen molar-refractivity contribution in [2.24, 2.45) is 5.73 Å². The zero-order valence-corrected chi connectivity index (χ0v) is 11.1. The summed E-state index contributed by atoms with van der Waals surface area (Å²) in [5.41, 5.74) is 13.0. The first kappa shape index (κ1) is 12.9. The molecule has 0 aliphatic rings. The minimum Gasteiger partial charge on any atom is -0.399 e. The van der Waals surface area contributed by atoms with Crippen molar-refractivity contribution in [1.29, 1.82) is 0 Å². The van der Waals surface area contributed by atoms with Crippen LogP contribution in [0.25, 0.3) is 17.2 Å². The van der Waals surface area contributed by atoms with E-state index in [-0.39, 0.29) is 0 Å². The molecule has 6 heteroatoms. The van der Waals surface area contributed by atoms with E-state index in [4.69, 9.17) is 11.5 Å². The number of rotatable bonds is 3. The third kappa shape index (κ3) is 2.46. The molecule has 1 aromatic carbocycles. The van der Waals surface area contributed by atoms with Crippen LogP contribution >= 0.6 is 0 Å². The zero-order chi connectivity index (χ0) is 14.8. The second-order valence-corrected chi connectivity index (χ2v) is 4.51. The van der Waals surface area contributed by atoms with Crippen LogP contribution in [0, 0.1) is 0 Å². The van der Waals surface area contributed by atoms with Crippen molar-refractivity contribution in [2.45, 2.75) is 0 Å². The average Bonchev–Trinajstić information content (AvgIpc) is 2.97. The van der Waals surface area contributed by atoms with Crippen LogP contribution in [0.1, 0.15) is 10.4 Å². The molecule has 2 aromatic heterocycles. The summed E-state index contributed by atoms with van der Waals surface area (Å²) in [6, 6.07) is 10.6. The van der Waals surface area contributed by atoms with Gasteiger partial charge in [-0.2, -0.15) is 0 Å². The number of anilines is 1. The summed E-state index contributed by atoms with van der Waals surface area (Å²) in [5.74, 6) is 0.799. The van der Waals surface area contributed by atoms with Crippen LogP contribution in [0.15, 0.2) is 55.0 Å². The number of hydrogen-bond acceptors (Lipinski definition) is 4. The summed E-state index contributed by atoms with van der Waals surface area (Å²) in [5, 5.41) is 0. The van der Waals surface area contributed by atoms with E-state index in [9.17, 15) is 4.79 Å². The van der Waals surface area contributed by atoms with Gasteiger partial charge in [-0.25, -0.2) is 9.97 Å². The standard InChI is InChI=1S/C15H13N5O/c16-12-3-1-10(2-4-12)15-19-7-8-20(15)13-9-11(14(17)21)5-6-18-13/h1-9H,16H2,(H2,17,21). The number of amides is 1. The fourth-order valence-electron chi connectivity index (χ4n) is 2.04. The number of carbonyl (C=O) groups is 1. The molecule has 0 atom stereocenters. The Labute approximate surface area is 121 Å². The van der Waals surface area contributed by atoms with Gasteiger partial charge in [0.05, 0.1) is 0 Å². The maximum absolute atomic E-state index is 11.3. The third-order valence-corrected chi connectivity index (χ3v) is 3.09. The molecular weight excluding hydrogens is 266 g/mol. The summed E-state index contributed by atoms with van der Waals surface area (Å²) < 4.78 is 1.79. The maximum atomic E-state index is 11.3. The molecule has 6 nitrogen and oxygen atoms in total. The molecule has 0 saturated carbocycles. The van der Waals surface area contributed by atoms with Crippen molar-refractivity contribution in [1.82, 2.24) is 14.5 Å². The number of hydrogen-bond donors (Lipinski definition) is 2. The van der Waals surface area contributed by atoms with Crippen LogP contribution in [0.2, 0.25) is 0 Å². The molecular formula is C15H13N5O. The van der Waals surface area contributed by atoms with E-state index in [1.54, 1.807) is 35.3 Å². The summed E-state index contributed by atoms with van der Waals surface area (Å²) in [7, 11) is 0. The minimum atomic E-state index is -0.493. The van der Waals surface area contributed by atoms with Crippen molar-refractivity contribution in [3.05, 3.63) is 60.6 Å². The van der Waals surface area contributed by atoms with Gasteiger partial charge in [0, 0.05) is 35.4 Å². The second kappa shape index (κ2) is 5.09. The lowest BCUT2D eigenvalue weighted by molar-refractivity contribution is 0.1000. The van der Waals surface area contributed by atoms with Crippen LogP contribution in [-0.2, 0) is 0 Å². The minimum absolute atomic E-state index is 0.400. The van der Waals surface area contributed by atoms with Crippen LogP contribution in [-0.4, -0.2) is 20.4 Å². The molecule has 0 fully saturated rings. The Balaban J connectivity index is 2.08. The summed E-state index contributed by atoms with van der Waals surface area (Å²) in [6.45, 7) is 0. The number of imidazole rings is 1. The largest absolute Gasteiger partial charge is 0.399 e. The Morgan fingerprint density at radius 3 is 2.52 bits per heavy atom. The van der Waals surface area contributed by atoms with E-state index in [0.29, 0.717) is 22.9 Å². The summed E-state index contributed by atoms with van der Waals surface area (Å²) in [6.07, 6.45) is 4.99. The molecule has 3 rings (SSSR count). The highest BCUT2D eigenvalue weighted by molar-refractivity contribution is 5.93. The van der Waals surface area contributed by atoms with E-state index in [2.05, 4.69) is 9.97 Å². The second-order valence-electron chi connectivity index (χ2n) is 4.51. The van der Waals surface area contributed by atoms with Gasteiger partial charge in [-0.3, -0.25) is 9.36 Å². The van der Waals surface area contributed by atoms with E-state index < -0.39 is 5.91 Å². The molecule has 0 unspecified atom stereocenters. The molecule has 0 aliphatic heterocycles. The molecule has 3 aromatic rings. The highest BCUT2D eigenvalue weighted by Crippen LogP contribution is 2.21. The summed E-state index contributed by atoms with van der Waals surface area (Å²) in [4.78, 5) is 19.9. The lowest BCUT2D eigenvalue weighted by Crippen LogP contribution is -2.12. The van der Waals surface area contributed by atoms with E-state index >= 15 is 0 Å². The Morgan fingerprint density at radius 1 is 1.05 bits per heavy atom.